The predicted octanol–water partition coefficient (Wildman–Crippen LogP) is 3.16. The van der Waals surface area contributed by atoms with Gasteiger partial charge in [-0.15, -0.1) is 0 Å². The highest BCUT2D eigenvalue weighted by atomic mass is 16.5. The molecule has 1 aliphatic rings. The van der Waals surface area contributed by atoms with E-state index in [1.165, 1.54) is 0 Å². The number of hydrogen-bond acceptors (Lipinski definition) is 5. The number of carbonyl (C=O) groups is 1. The highest BCUT2D eigenvalue weighted by Crippen LogP contribution is 2.17. The smallest absolute Gasteiger partial charge is 0.319 e. The van der Waals surface area contributed by atoms with Crippen LogP contribution in [-0.2, 0) is 22.6 Å². The lowest BCUT2D eigenvalue weighted by Gasteiger charge is -2.32. The van der Waals surface area contributed by atoms with E-state index in [2.05, 4.69) is 27.4 Å². The Bertz CT molecular complexity index is 767. The number of para-hydroxylation sites is 1. The van der Waals surface area contributed by atoms with E-state index >= 15 is 0 Å². The van der Waals surface area contributed by atoms with Crippen molar-refractivity contribution < 1.29 is 14.3 Å². The molecule has 7 nitrogen and oxygen atoms in total. The van der Waals surface area contributed by atoms with Gasteiger partial charge < -0.3 is 25.0 Å². The van der Waals surface area contributed by atoms with E-state index in [1.807, 2.05) is 43.3 Å². The Hall–Kier alpha value is -2.64. The van der Waals surface area contributed by atoms with E-state index < -0.39 is 0 Å². The zero-order valence-corrected chi connectivity index (χ0v) is 16.5. The van der Waals surface area contributed by atoms with Crippen molar-refractivity contribution in [1.29, 1.82) is 0 Å². The third-order valence-corrected chi connectivity index (χ3v) is 4.55. The van der Waals surface area contributed by atoms with E-state index in [0.29, 0.717) is 19.8 Å². The maximum atomic E-state index is 12.3. The zero-order chi connectivity index (χ0) is 19.8. The van der Waals surface area contributed by atoms with Gasteiger partial charge in [-0.2, -0.15) is 0 Å². The highest BCUT2D eigenvalue weighted by molar-refractivity contribution is 5.90. The van der Waals surface area contributed by atoms with Crippen molar-refractivity contribution in [3.05, 3.63) is 53.7 Å². The molecule has 2 aromatic rings. The van der Waals surface area contributed by atoms with Crippen LogP contribution in [0, 0.1) is 0 Å². The molecule has 2 N–H and O–H groups in total. The maximum absolute atomic E-state index is 12.3. The van der Waals surface area contributed by atoms with Crippen molar-refractivity contribution in [3.8, 4) is 0 Å². The van der Waals surface area contributed by atoms with Crippen molar-refractivity contribution in [2.75, 3.05) is 36.5 Å². The molecule has 28 heavy (non-hydrogen) atoms. The SMILES string of the molecule is CCOCc1ccccc1NC(=O)NCc1ccc(N2CCOC(C)C2)nc1. The Balaban J connectivity index is 1.51. The van der Waals surface area contributed by atoms with Crippen LogP contribution in [0.3, 0.4) is 0 Å². The van der Waals surface area contributed by atoms with Gasteiger partial charge in [0.05, 0.1) is 19.3 Å². The summed E-state index contributed by atoms with van der Waals surface area (Å²) in [6.45, 7) is 7.93. The molecule has 0 bridgehead atoms. The number of anilines is 2. The predicted molar refractivity (Wildman–Crippen MR) is 109 cm³/mol. The first-order valence-electron chi connectivity index (χ1n) is 9.67. The normalized spacial score (nSPS) is 16.6. The minimum atomic E-state index is -0.255. The molecule has 2 heterocycles. The van der Waals surface area contributed by atoms with E-state index in [9.17, 15) is 4.79 Å². The maximum Gasteiger partial charge on any atom is 0.319 e. The molecular formula is C21H28N4O3. The lowest BCUT2D eigenvalue weighted by Crippen LogP contribution is -2.41. The van der Waals surface area contributed by atoms with Gasteiger partial charge in [0.1, 0.15) is 5.82 Å². The Morgan fingerprint density at radius 1 is 1.32 bits per heavy atom. The Labute approximate surface area is 166 Å². The Morgan fingerprint density at radius 3 is 2.93 bits per heavy atom. The number of nitrogens with one attached hydrogen (secondary N) is 2. The second-order valence-electron chi connectivity index (χ2n) is 6.75. The molecule has 1 atom stereocenters. The van der Waals surface area contributed by atoms with Crippen LogP contribution in [0.2, 0.25) is 0 Å². The molecule has 150 valence electrons. The van der Waals surface area contributed by atoms with Crippen LogP contribution in [0.1, 0.15) is 25.0 Å². The van der Waals surface area contributed by atoms with Crippen LogP contribution in [0.4, 0.5) is 16.3 Å². The van der Waals surface area contributed by atoms with Gasteiger partial charge in [-0.1, -0.05) is 24.3 Å². The molecule has 7 heteroatoms. The van der Waals surface area contributed by atoms with Crippen LogP contribution in [0.5, 0.6) is 0 Å². The minimum Gasteiger partial charge on any atom is -0.377 e. The molecule has 1 saturated heterocycles. The van der Waals surface area contributed by atoms with Crippen molar-refractivity contribution in [3.63, 3.8) is 0 Å². The quantitative estimate of drug-likeness (QED) is 0.767. The molecule has 1 aromatic heterocycles. The lowest BCUT2D eigenvalue weighted by atomic mass is 10.2. The molecule has 0 aliphatic carbocycles. The fourth-order valence-corrected chi connectivity index (χ4v) is 3.06. The summed E-state index contributed by atoms with van der Waals surface area (Å²) < 4.78 is 11.0. The van der Waals surface area contributed by atoms with Gasteiger partial charge in [-0.3, -0.25) is 0 Å². The number of pyridine rings is 1. The number of aromatic nitrogens is 1. The minimum absolute atomic E-state index is 0.214. The van der Waals surface area contributed by atoms with Gasteiger partial charge in [0.25, 0.3) is 0 Å². The van der Waals surface area contributed by atoms with Gasteiger partial charge >= 0.3 is 6.03 Å². The number of amides is 2. The molecule has 2 amide bonds. The summed E-state index contributed by atoms with van der Waals surface area (Å²) in [7, 11) is 0. The second kappa shape index (κ2) is 10.1. The summed E-state index contributed by atoms with van der Waals surface area (Å²) in [5.41, 5.74) is 2.65. The standard InChI is InChI=1S/C21H28N4O3/c1-3-27-15-18-6-4-5-7-19(18)24-21(26)23-13-17-8-9-20(22-12-17)25-10-11-28-16(2)14-25/h4-9,12,16H,3,10-11,13-15H2,1-2H3,(H2,23,24,26). The monoisotopic (exact) mass is 384 g/mol. The summed E-state index contributed by atoms with van der Waals surface area (Å²) >= 11 is 0. The lowest BCUT2D eigenvalue weighted by molar-refractivity contribution is 0.0529. The second-order valence-corrected chi connectivity index (χ2v) is 6.75. The largest absolute Gasteiger partial charge is 0.377 e. The number of ether oxygens (including phenoxy) is 2. The fourth-order valence-electron chi connectivity index (χ4n) is 3.06. The molecular weight excluding hydrogens is 356 g/mol. The average molecular weight is 384 g/mol. The van der Waals surface area contributed by atoms with Crippen LogP contribution < -0.4 is 15.5 Å². The molecule has 0 radical (unpaired) electrons. The highest BCUT2D eigenvalue weighted by Gasteiger charge is 2.17. The number of nitrogens with zero attached hydrogens (tertiary/aromatic N) is 2. The summed E-state index contributed by atoms with van der Waals surface area (Å²) in [6.07, 6.45) is 2.02. The Kier molecular flexibility index (Phi) is 7.22. The first-order chi connectivity index (χ1) is 13.7. The first-order valence-corrected chi connectivity index (χ1v) is 9.67. The molecule has 3 rings (SSSR count). The van der Waals surface area contributed by atoms with Gasteiger partial charge in [0.15, 0.2) is 0 Å². The van der Waals surface area contributed by atoms with Crippen LogP contribution in [-0.4, -0.2) is 43.4 Å². The van der Waals surface area contributed by atoms with E-state index in [0.717, 1.165) is 42.3 Å². The van der Waals surface area contributed by atoms with Gasteiger partial charge in [-0.05, 0) is 31.5 Å². The number of urea groups is 1. The van der Waals surface area contributed by atoms with Crippen molar-refractivity contribution in [2.45, 2.75) is 33.1 Å². The zero-order valence-electron chi connectivity index (χ0n) is 16.5. The molecule has 1 fully saturated rings. The summed E-state index contributed by atoms with van der Waals surface area (Å²) in [4.78, 5) is 19.0. The van der Waals surface area contributed by atoms with Crippen LogP contribution in [0.15, 0.2) is 42.6 Å². The van der Waals surface area contributed by atoms with E-state index in [-0.39, 0.29) is 12.1 Å². The third kappa shape index (κ3) is 5.68. The summed E-state index contributed by atoms with van der Waals surface area (Å²) in [5, 5.41) is 5.76. The number of carbonyl (C=O) groups excluding carboxylic acids is 1. The molecule has 0 saturated carbocycles. The molecule has 1 aliphatic heterocycles. The number of morpholine rings is 1. The summed E-state index contributed by atoms with van der Waals surface area (Å²) in [5.74, 6) is 0.938. The molecule has 1 aromatic carbocycles. The van der Waals surface area contributed by atoms with Gasteiger partial charge in [0.2, 0.25) is 0 Å². The van der Waals surface area contributed by atoms with E-state index in [4.69, 9.17) is 9.47 Å². The fraction of sp³-hybridized carbons (Fsp3) is 0.429. The van der Waals surface area contributed by atoms with Crippen molar-refractivity contribution >= 4 is 17.5 Å². The van der Waals surface area contributed by atoms with Crippen LogP contribution >= 0.6 is 0 Å². The van der Waals surface area contributed by atoms with Crippen molar-refractivity contribution in [1.82, 2.24) is 10.3 Å². The Morgan fingerprint density at radius 2 is 2.18 bits per heavy atom. The number of benzene rings is 1. The molecule has 1 unspecified atom stereocenters. The van der Waals surface area contributed by atoms with Gasteiger partial charge in [-0.25, -0.2) is 9.78 Å². The summed E-state index contributed by atoms with van der Waals surface area (Å²) in [6, 6.07) is 11.4. The molecule has 0 spiro atoms. The number of hydrogen-bond donors (Lipinski definition) is 2. The topological polar surface area (TPSA) is 75.7 Å². The number of rotatable bonds is 7. The van der Waals surface area contributed by atoms with Crippen LogP contribution in [0.25, 0.3) is 0 Å². The average Bonchev–Trinajstić information content (AvgIpc) is 2.72. The van der Waals surface area contributed by atoms with Crippen molar-refractivity contribution in [2.24, 2.45) is 0 Å². The van der Waals surface area contributed by atoms with E-state index in [1.54, 1.807) is 6.20 Å². The first kappa shape index (κ1) is 20.1. The third-order valence-electron chi connectivity index (χ3n) is 4.55. The van der Waals surface area contributed by atoms with Gasteiger partial charge in [0, 0.05) is 43.7 Å².